The predicted octanol–water partition coefficient (Wildman–Crippen LogP) is 2.42. The summed E-state index contributed by atoms with van der Waals surface area (Å²) in [5, 5.41) is 3.33. The van der Waals surface area contributed by atoms with Crippen LogP contribution >= 0.6 is 0 Å². The molecule has 78 valence electrons. The molecule has 0 saturated heterocycles. The van der Waals surface area contributed by atoms with Crippen LogP contribution < -0.4 is 0 Å². The summed E-state index contributed by atoms with van der Waals surface area (Å²) >= 11 is 0. The molecule has 0 aromatic carbocycles. The fourth-order valence-electron chi connectivity index (χ4n) is 0.914. The van der Waals surface area contributed by atoms with Crippen molar-refractivity contribution in [3.63, 3.8) is 0 Å². The zero-order valence-corrected chi connectivity index (χ0v) is 7.54. The van der Waals surface area contributed by atoms with Gasteiger partial charge in [-0.05, 0) is 17.7 Å². The molecule has 6 nitrogen and oxygen atoms in total. The Labute approximate surface area is 84.6 Å². The maximum absolute atomic E-state index is 11.1. The van der Waals surface area contributed by atoms with Gasteiger partial charge in [-0.1, -0.05) is 5.11 Å². The quantitative estimate of drug-likeness (QED) is 0.323. The summed E-state index contributed by atoms with van der Waals surface area (Å²) < 4.78 is 4.53. The fraction of sp³-hybridized carbons (Fsp3) is 0.250. The van der Waals surface area contributed by atoms with Crippen molar-refractivity contribution in [2.24, 2.45) is 5.11 Å². The van der Waals surface area contributed by atoms with E-state index < -0.39 is 5.97 Å². The minimum atomic E-state index is -0.436. The third-order valence-electron chi connectivity index (χ3n) is 1.53. The Morgan fingerprint density at radius 2 is 2.64 bits per heavy atom. The van der Waals surface area contributed by atoms with Crippen LogP contribution in [0.5, 0.6) is 0 Å². The lowest BCUT2D eigenvalue weighted by molar-refractivity contribution is 0.0600. The number of rotatable bonds is 3. The van der Waals surface area contributed by atoms with Gasteiger partial charge in [0, 0.05) is 21.1 Å². The normalized spacial score (nSPS) is 8.93. The largest absolute Gasteiger partial charge is 0.465 e. The first kappa shape index (κ1) is 10.0. The summed E-state index contributed by atoms with van der Waals surface area (Å²) in [6.45, 7) is 0.126. The van der Waals surface area contributed by atoms with Crippen LogP contribution in [0.4, 0.5) is 0 Å². The summed E-state index contributed by atoms with van der Waals surface area (Å²) in [6, 6.07) is 3.06. The number of carbonyl (C=O) groups is 1. The molecule has 0 saturated carbocycles. The van der Waals surface area contributed by atoms with Gasteiger partial charge in [0.2, 0.25) is 0 Å². The van der Waals surface area contributed by atoms with Crippen LogP contribution in [0.25, 0.3) is 10.4 Å². The second-order valence-electron chi connectivity index (χ2n) is 2.42. The number of azide groups is 1. The number of ether oxygens (including phenoxy) is 1. The molecule has 0 amide bonds. The van der Waals surface area contributed by atoms with Crippen molar-refractivity contribution in [1.29, 1.82) is 0 Å². The molecular formula is C8H14N4O2. The van der Waals surface area contributed by atoms with Gasteiger partial charge in [-0.3, -0.25) is 4.98 Å². The molecule has 0 aliphatic rings. The molecule has 1 heterocycles. The molecule has 1 aromatic rings. The van der Waals surface area contributed by atoms with Gasteiger partial charge >= 0.3 is 5.97 Å². The van der Waals surface area contributed by atoms with Crippen LogP contribution in [0, 0.1) is 0 Å². The Morgan fingerprint density at radius 3 is 3.29 bits per heavy atom. The fourth-order valence-corrected chi connectivity index (χ4v) is 0.914. The maximum atomic E-state index is 11.1. The molecular weight excluding hydrogens is 184 g/mol. The van der Waals surface area contributed by atoms with Crippen LogP contribution in [0.1, 0.15) is 20.3 Å². The summed E-state index contributed by atoms with van der Waals surface area (Å²) in [5.41, 5.74) is 9.02. The predicted molar refractivity (Wildman–Crippen MR) is 54.8 cm³/mol. The third kappa shape index (κ3) is 2.46. The molecule has 0 bridgehead atoms. The summed E-state index contributed by atoms with van der Waals surface area (Å²) in [7, 11) is 1.30. The maximum Gasteiger partial charge on any atom is 0.337 e. The average molecular weight is 198 g/mol. The first-order chi connectivity index (χ1) is 6.77. The molecule has 0 fully saturated rings. The number of carbonyl (C=O) groups excluding carboxylic acids is 1. The Hall–Kier alpha value is -2.07. The van der Waals surface area contributed by atoms with Crippen LogP contribution in [-0.4, -0.2) is 18.1 Å². The minimum absolute atomic E-state index is 0. The van der Waals surface area contributed by atoms with E-state index in [1.807, 2.05) is 0 Å². The molecule has 0 aliphatic carbocycles. The number of methoxy groups -OCH3 is 1. The molecule has 0 spiro atoms. The van der Waals surface area contributed by atoms with Gasteiger partial charge in [0.05, 0.1) is 19.2 Å². The average Bonchev–Trinajstić information content (AvgIpc) is 2.25. The Balaban J connectivity index is -0.000000653. The van der Waals surface area contributed by atoms with Gasteiger partial charge in [-0.15, -0.1) is 0 Å². The topological polar surface area (TPSA) is 88.0 Å². The Morgan fingerprint density at radius 1 is 1.86 bits per heavy atom. The highest BCUT2D eigenvalue weighted by Crippen LogP contribution is 2.04. The molecule has 0 radical (unpaired) electrons. The van der Waals surface area contributed by atoms with E-state index in [2.05, 4.69) is 19.7 Å². The van der Waals surface area contributed by atoms with Gasteiger partial charge in [0.1, 0.15) is 0 Å². The van der Waals surface area contributed by atoms with E-state index in [1.165, 1.54) is 25.4 Å². The van der Waals surface area contributed by atoms with E-state index >= 15 is 0 Å². The van der Waals surface area contributed by atoms with E-state index in [1.54, 1.807) is 0 Å². The first-order valence-electron chi connectivity index (χ1n) is 3.82. The number of pyridine rings is 1. The van der Waals surface area contributed by atoms with Crippen LogP contribution in [0.15, 0.2) is 23.4 Å². The van der Waals surface area contributed by atoms with Crippen LogP contribution in [-0.2, 0) is 11.3 Å². The van der Waals surface area contributed by atoms with Gasteiger partial charge in [-0.2, -0.15) is 0 Å². The molecule has 0 aliphatic heterocycles. The van der Waals surface area contributed by atoms with Gasteiger partial charge < -0.3 is 4.74 Å². The minimum Gasteiger partial charge on any atom is -0.465 e. The van der Waals surface area contributed by atoms with E-state index in [-0.39, 0.29) is 10.8 Å². The standard InChI is InChI=1S/C8H8N4O2.3H2/c1-14-8(13)6-2-3-10-7(4-6)5-11-12-9;;;/h2-4H,5H2,1H3;3*1H. The van der Waals surface area contributed by atoms with Crippen LogP contribution in [0.2, 0.25) is 0 Å². The van der Waals surface area contributed by atoms with E-state index in [4.69, 9.17) is 5.53 Å². The van der Waals surface area contributed by atoms with Crippen molar-refractivity contribution in [1.82, 2.24) is 4.98 Å². The lowest BCUT2D eigenvalue weighted by Gasteiger charge is -1.99. The number of hydrogen-bond donors (Lipinski definition) is 0. The smallest absolute Gasteiger partial charge is 0.337 e. The van der Waals surface area contributed by atoms with Crippen molar-refractivity contribution >= 4 is 5.97 Å². The monoisotopic (exact) mass is 198 g/mol. The SMILES string of the molecule is COC(=O)c1ccnc(CN=[N+]=[N-])c1.[HH].[HH].[HH]. The van der Waals surface area contributed by atoms with Gasteiger partial charge in [0.15, 0.2) is 0 Å². The van der Waals surface area contributed by atoms with Gasteiger partial charge in [0.25, 0.3) is 0 Å². The number of hydrogen-bond acceptors (Lipinski definition) is 4. The highest BCUT2D eigenvalue weighted by atomic mass is 16.5. The first-order valence-corrected chi connectivity index (χ1v) is 3.82. The van der Waals surface area contributed by atoms with Crippen molar-refractivity contribution in [3.8, 4) is 0 Å². The van der Waals surface area contributed by atoms with Gasteiger partial charge in [-0.25, -0.2) is 4.79 Å². The van der Waals surface area contributed by atoms with E-state index in [0.29, 0.717) is 11.3 Å². The number of nitrogens with zero attached hydrogens (tertiary/aromatic N) is 4. The number of esters is 1. The second-order valence-corrected chi connectivity index (χ2v) is 2.42. The van der Waals surface area contributed by atoms with E-state index in [0.717, 1.165) is 0 Å². The van der Waals surface area contributed by atoms with Crippen molar-refractivity contribution in [3.05, 3.63) is 40.0 Å². The molecule has 0 unspecified atom stereocenters. The summed E-state index contributed by atoms with van der Waals surface area (Å²) in [5.74, 6) is -0.436. The molecule has 0 atom stereocenters. The second kappa shape index (κ2) is 4.84. The molecule has 1 aromatic heterocycles. The van der Waals surface area contributed by atoms with E-state index in [9.17, 15) is 4.79 Å². The number of aromatic nitrogens is 1. The lowest BCUT2D eigenvalue weighted by atomic mass is 10.2. The Kier molecular flexibility index (Phi) is 3.46. The molecule has 14 heavy (non-hydrogen) atoms. The summed E-state index contributed by atoms with van der Waals surface area (Å²) in [4.78, 5) is 17.6. The highest BCUT2D eigenvalue weighted by molar-refractivity contribution is 5.89. The molecule has 1 rings (SSSR count). The van der Waals surface area contributed by atoms with Crippen molar-refractivity contribution < 1.29 is 13.8 Å². The Bertz CT molecular complexity index is 396. The summed E-state index contributed by atoms with van der Waals surface area (Å²) in [6.07, 6.45) is 1.47. The third-order valence-corrected chi connectivity index (χ3v) is 1.53. The van der Waals surface area contributed by atoms with Crippen molar-refractivity contribution in [2.75, 3.05) is 7.11 Å². The highest BCUT2D eigenvalue weighted by Gasteiger charge is 2.05. The lowest BCUT2D eigenvalue weighted by Crippen LogP contribution is -2.02. The molecule has 0 N–H and O–H groups in total. The van der Waals surface area contributed by atoms with Crippen LogP contribution in [0.3, 0.4) is 0 Å². The zero-order chi connectivity index (χ0) is 10.4. The molecule has 6 heteroatoms. The zero-order valence-electron chi connectivity index (χ0n) is 7.54. The van der Waals surface area contributed by atoms with Crippen molar-refractivity contribution in [2.45, 2.75) is 6.54 Å².